The van der Waals surface area contributed by atoms with E-state index in [4.69, 9.17) is 10.5 Å². The summed E-state index contributed by atoms with van der Waals surface area (Å²) >= 11 is 0. The molecule has 0 amide bonds. The lowest BCUT2D eigenvalue weighted by molar-refractivity contribution is 0.260. The fourth-order valence-electron chi connectivity index (χ4n) is 2.40. The SMILES string of the molecule is NC1=NS(=O)(=O)Nc2cccc(OC[C@@H]3CCNC3)c21. The van der Waals surface area contributed by atoms with Crippen LogP contribution in [0, 0.1) is 5.92 Å². The van der Waals surface area contributed by atoms with Crippen molar-refractivity contribution in [3.05, 3.63) is 23.8 Å². The number of nitrogens with one attached hydrogen (secondary N) is 2. The monoisotopic (exact) mass is 296 g/mol. The van der Waals surface area contributed by atoms with Crippen LogP contribution in [-0.2, 0) is 10.2 Å². The first kappa shape index (κ1) is 13.2. The molecule has 0 aliphatic carbocycles. The Balaban J connectivity index is 1.86. The Bertz CT molecular complexity index is 651. The quantitative estimate of drug-likeness (QED) is 0.731. The fraction of sp³-hybridized carbons (Fsp3) is 0.417. The van der Waals surface area contributed by atoms with Gasteiger partial charge in [0, 0.05) is 12.5 Å². The van der Waals surface area contributed by atoms with Gasteiger partial charge in [-0.05, 0) is 25.1 Å². The highest BCUT2D eigenvalue weighted by molar-refractivity contribution is 7.91. The van der Waals surface area contributed by atoms with Crippen molar-refractivity contribution in [3.63, 3.8) is 0 Å². The summed E-state index contributed by atoms with van der Waals surface area (Å²) in [6.45, 7) is 2.51. The molecule has 2 heterocycles. The molecule has 1 atom stereocenters. The largest absolute Gasteiger partial charge is 0.492 e. The molecule has 1 aromatic carbocycles. The number of nitrogens with two attached hydrogens (primary N) is 1. The molecular formula is C12H16N4O3S. The summed E-state index contributed by atoms with van der Waals surface area (Å²) in [7, 11) is -3.75. The van der Waals surface area contributed by atoms with Crippen molar-refractivity contribution in [2.24, 2.45) is 16.0 Å². The highest BCUT2D eigenvalue weighted by atomic mass is 32.2. The van der Waals surface area contributed by atoms with Crippen LogP contribution >= 0.6 is 0 Å². The number of rotatable bonds is 3. The average Bonchev–Trinajstić information content (AvgIpc) is 2.87. The second-order valence-corrected chi connectivity index (χ2v) is 6.24. The highest BCUT2D eigenvalue weighted by Gasteiger charge is 2.25. The van der Waals surface area contributed by atoms with E-state index in [2.05, 4.69) is 14.4 Å². The third kappa shape index (κ3) is 2.56. The third-order valence-corrected chi connectivity index (χ3v) is 4.29. The zero-order valence-corrected chi connectivity index (χ0v) is 11.6. The van der Waals surface area contributed by atoms with Crippen molar-refractivity contribution in [1.82, 2.24) is 5.32 Å². The molecule has 0 unspecified atom stereocenters. The molecule has 20 heavy (non-hydrogen) atoms. The van der Waals surface area contributed by atoms with Crippen LogP contribution in [0.3, 0.4) is 0 Å². The predicted octanol–water partition coefficient (Wildman–Crippen LogP) is 0.0505. The third-order valence-electron chi connectivity index (χ3n) is 3.38. The summed E-state index contributed by atoms with van der Waals surface area (Å²) in [4.78, 5) is 0. The maximum absolute atomic E-state index is 11.5. The minimum atomic E-state index is -3.75. The van der Waals surface area contributed by atoms with Crippen molar-refractivity contribution in [1.29, 1.82) is 0 Å². The zero-order chi connectivity index (χ0) is 14.2. The minimum Gasteiger partial charge on any atom is -0.492 e. The molecule has 8 heteroatoms. The molecule has 4 N–H and O–H groups in total. The number of hydrogen-bond acceptors (Lipinski definition) is 5. The van der Waals surface area contributed by atoms with Crippen LogP contribution in [0.25, 0.3) is 0 Å². The Morgan fingerprint density at radius 3 is 3.05 bits per heavy atom. The van der Waals surface area contributed by atoms with E-state index in [0.717, 1.165) is 19.5 Å². The molecule has 2 aliphatic rings. The van der Waals surface area contributed by atoms with Crippen LogP contribution in [0.4, 0.5) is 5.69 Å². The molecule has 3 rings (SSSR count). The molecular weight excluding hydrogens is 280 g/mol. The highest BCUT2D eigenvalue weighted by Crippen LogP contribution is 2.30. The molecule has 7 nitrogen and oxygen atoms in total. The number of ether oxygens (including phenoxy) is 1. The minimum absolute atomic E-state index is 0.0427. The summed E-state index contributed by atoms with van der Waals surface area (Å²) in [6.07, 6.45) is 1.07. The Kier molecular flexibility index (Phi) is 3.27. The second-order valence-electron chi connectivity index (χ2n) is 4.90. The van der Waals surface area contributed by atoms with Gasteiger partial charge in [0.15, 0.2) is 5.84 Å². The summed E-state index contributed by atoms with van der Waals surface area (Å²) in [6, 6.07) is 5.13. The molecule has 0 saturated carbocycles. The average molecular weight is 296 g/mol. The Morgan fingerprint density at radius 2 is 2.30 bits per heavy atom. The van der Waals surface area contributed by atoms with E-state index in [1.807, 2.05) is 0 Å². The van der Waals surface area contributed by atoms with E-state index < -0.39 is 10.2 Å². The van der Waals surface area contributed by atoms with E-state index in [9.17, 15) is 8.42 Å². The molecule has 0 radical (unpaired) electrons. The Morgan fingerprint density at radius 1 is 1.45 bits per heavy atom. The molecule has 108 valence electrons. The smallest absolute Gasteiger partial charge is 0.344 e. The van der Waals surface area contributed by atoms with E-state index >= 15 is 0 Å². The van der Waals surface area contributed by atoms with Gasteiger partial charge in [0.05, 0.1) is 17.9 Å². The van der Waals surface area contributed by atoms with Gasteiger partial charge in [0.2, 0.25) is 0 Å². The van der Waals surface area contributed by atoms with Crippen molar-refractivity contribution in [3.8, 4) is 5.75 Å². The van der Waals surface area contributed by atoms with Crippen LogP contribution in [0.15, 0.2) is 22.6 Å². The molecule has 0 spiro atoms. The van der Waals surface area contributed by atoms with E-state index in [1.165, 1.54) is 0 Å². The van der Waals surface area contributed by atoms with Gasteiger partial charge in [0.1, 0.15) is 5.75 Å². The lowest BCUT2D eigenvalue weighted by Crippen LogP contribution is -2.27. The molecule has 1 saturated heterocycles. The maximum atomic E-state index is 11.5. The molecule has 0 aromatic heterocycles. The van der Waals surface area contributed by atoms with E-state index in [1.54, 1.807) is 18.2 Å². The predicted molar refractivity (Wildman–Crippen MR) is 76.2 cm³/mol. The molecule has 1 aromatic rings. The standard InChI is InChI=1S/C12H16N4O3S/c13-12-11-9(15-20(17,18)16-12)2-1-3-10(11)19-7-8-4-5-14-6-8/h1-3,8,14-15H,4-7H2,(H2,13,16)/t8-/m1/s1. The van der Waals surface area contributed by atoms with Gasteiger partial charge in [-0.25, -0.2) is 0 Å². The summed E-state index contributed by atoms with van der Waals surface area (Å²) in [5.74, 6) is 0.973. The van der Waals surface area contributed by atoms with Gasteiger partial charge in [-0.1, -0.05) is 6.07 Å². The number of nitrogens with zero attached hydrogens (tertiary/aromatic N) is 1. The van der Waals surface area contributed by atoms with Gasteiger partial charge in [-0.3, -0.25) is 4.72 Å². The number of benzene rings is 1. The Labute approximate surface area is 117 Å². The van der Waals surface area contributed by atoms with Crippen LogP contribution in [0.2, 0.25) is 0 Å². The van der Waals surface area contributed by atoms with Gasteiger partial charge in [-0.15, -0.1) is 4.40 Å². The van der Waals surface area contributed by atoms with Gasteiger partial charge >= 0.3 is 10.2 Å². The topological polar surface area (TPSA) is 106 Å². The van der Waals surface area contributed by atoms with E-state index in [0.29, 0.717) is 29.5 Å². The summed E-state index contributed by atoms with van der Waals surface area (Å²) in [5.41, 5.74) is 6.66. The maximum Gasteiger partial charge on any atom is 0.344 e. The first-order valence-corrected chi connectivity index (χ1v) is 7.84. The number of anilines is 1. The Hall–Kier alpha value is -1.80. The molecule has 1 fully saturated rings. The molecule has 0 bridgehead atoms. The lowest BCUT2D eigenvalue weighted by Gasteiger charge is -2.20. The van der Waals surface area contributed by atoms with Crippen LogP contribution in [-0.4, -0.2) is 33.9 Å². The van der Waals surface area contributed by atoms with Gasteiger partial charge in [-0.2, -0.15) is 8.42 Å². The van der Waals surface area contributed by atoms with Crippen LogP contribution in [0.5, 0.6) is 5.75 Å². The van der Waals surface area contributed by atoms with Gasteiger partial charge in [0.25, 0.3) is 0 Å². The number of fused-ring (bicyclic) bond motifs is 1. The lowest BCUT2D eigenvalue weighted by atomic mass is 10.1. The molecule has 2 aliphatic heterocycles. The first-order chi connectivity index (χ1) is 9.55. The zero-order valence-electron chi connectivity index (χ0n) is 10.8. The normalized spacial score (nSPS) is 23.6. The summed E-state index contributed by atoms with van der Waals surface area (Å²) in [5, 5.41) is 3.27. The number of hydrogen-bond donors (Lipinski definition) is 3. The van der Waals surface area contributed by atoms with Crippen molar-refractivity contribution < 1.29 is 13.2 Å². The number of amidine groups is 1. The van der Waals surface area contributed by atoms with Gasteiger partial charge < -0.3 is 15.8 Å². The van der Waals surface area contributed by atoms with Crippen LogP contribution < -0.4 is 20.5 Å². The second kappa shape index (κ2) is 4.95. The van der Waals surface area contributed by atoms with E-state index in [-0.39, 0.29) is 5.84 Å². The van der Waals surface area contributed by atoms with Crippen LogP contribution in [0.1, 0.15) is 12.0 Å². The fourth-order valence-corrected chi connectivity index (χ4v) is 3.25. The van der Waals surface area contributed by atoms with Crippen molar-refractivity contribution in [2.75, 3.05) is 24.4 Å². The van der Waals surface area contributed by atoms with Crippen molar-refractivity contribution in [2.45, 2.75) is 6.42 Å². The summed E-state index contributed by atoms with van der Waals surface area (Å²) < 4.78 is 34.5. The van der Waals surface area contributed by atoms with Crippen molar-refractivity contribution >= 4 is 21.7 Å². The first-order valence-electron chi connectivity index (χ1n) is 6.40.